The topological polar surface area (TPSA) is 63.3 Å². The summed E-state index contributed by atoms with van der Waals surface area (Å²) in [6, 6.07) is 1.28. The van der Waals surface area contributed by atoms with Gasteiger partial charge < -0.3 is 10.8 Å². The van der Waals surface area contributed by atoms with Crippen molar-refractivity contribution in [3.05, 3.63) is 21.9 Å². The Morgan fingerprint density at radius 3 is 3.00 bits per heavy atom. The van der Waals surface area contributed by atoms with Crippen LogP contribution in [-0.2, 0) is 0 Å². The molecule has 0 fully saturated rings. The van der Waals surface area contributed by atoms with Gasteiger partial charge in [-0.3, -0.25) is 4.79 Å². The van der Waals surface area contributed by atoms with E-state index in [9.17, 15) is 9.90 Å². The molecule has 0 saturated heterocycles. The smallest absolute Gasteiger partial charge is 0.203 e. The van der Waals surface area contributed by atoms with Gasteiger partial charge >= 0.3 is 0 Å². The van der Waals surface area contributed by atoms with E-state index in [1.165, 1.54) is 11.3 Å². The van der Waals surface area contributed by atoms with Gasteiger partial charge in [-0.15, -0.1) is 11.3 Å². The van der Waals surface area contributed by atoms with Gasteiger partial charge in [-0.2, -0.15) is 0 Å². The third-order valence-corrected chi connectivity index (χ3v) is 2.83. The summed E-state index contributed by atoms with van der Waals surface area (Å²) in [5.74, 6) is -0.234. The highest BCUT2D eigenvalue weighted by Gasteiger charge is 2.36. The SMILES string of the molecule is N[C@H]1c2ccsc2C(=O)[C@H]1O. The molecule has 0 spiro atoms. The van der Waals surface area contributed by atoms with E-state index >= 15 is 0 Å². The third-order valence-electron chi connectivity index (χ3n) is 1.89. The Morgan fingerprint density at radius 1 is 1.64 bits per heavy atom. The largest absolute Gasteiger partial charge is 0.383 e. The fraction of sp³-hybridized carbons (Fsp3) is 0.286. The molecular weight excluding hydrogens is 162 g/mol. The molecule has 1 aliphatic rings. The molecule has 0 unspecified atom stereocenters. The number of hydrogen-bond acceptors (Lipinski definition) is 4. The number of carbonyl (C=O) groups excluding carboxylic acids is 1. The second-order valence-corrected chi connectivity index (χ2v) is 3.46. The predicted octanol–water partition coefficient (Wildman–Crippen LogP) is 0.305. The maximum absolute atomic E-state index is 11.1. The van der Waals surface area contributed by atoms with Crippen LogP contribution in [0.15, 0.2) is 11.4 Å². The van der Waals surface area contributed by atoms with Crippen molar-refractivity contribution in [1.82, 2.24) is 0 Å². The highest BCUT2D eigenvalue weighted by molar-refractivity contribution is 7.12. The fourth-order valence-electron chi connectivity index (χ4n) is 1.25. The lowest BCUT2D eigenvalue weighted by Gasteiger charge is -2.05. The average Bonchev–Trinajstić information content (AvgIpc) is 2.53. The van der Waals surface area contributed by atoms with Crippen LogP contribution in [0.4, 0.5) is 0 Å². The second kappa shape index (κ2) is 2.14. The molecule has 1 aliphatic carbocycles. The number of ketones is 1. The molecule has 3 nitrogen and oxygen atoms in total. The van der Waals surface area contributed by atoms with Crippen molar-refractivity contribution in [1.29, 1.82) is 0 Å². The standard InChI is InChI=1S/C7H7NO2S/c8-4-3-1-2-11-7(3)6(10)5(4)9/h1-2,4-5,9H,8H2/t4-,5-/m0/s1. The lowest BCUT2D eigenvalue weighted by atomic mass is 10.2. The number of rotatable bonds is 0. The van der Waals surface area contributed by atoms with Gasteiger partial charge in [-0.1, -0.05) is 0 Å². The Bertz CT molecular complexity index is 307. The highest BCUT2D eigenvalue weighted by atomic mass is 32.1. The van der Waals surface area contributed by atoms with Gasteiger partial charge in [0.1, 0.15) is 6.10 Å². The van der Waals surface area contributed by atoms with E-state index in [4.69, 9.17) is 5.73 Å². The molecule has 0 radical (unpaired) electrons. The summed E-state index contributed by atoms with van der Waals surface area (Å²) >= 11 is 1.34. The van der Waals surface area contributed by atoms with Gasteiger partial charge in [-0.05, 0) is 17.0 Å². The zero-order valence-electron chi connectivity index (χ0n) is 5.65. The van der Waals surface area contributed by atoms with Crippen molar-refractivity contribution in [2.24, 2.45) is 5.73 Å². The number of fused-ring (bicyclic) bond motifs is 1. The quantitative estimate of drug-likeness (QED) is 0.587. The Kier molecular flexibility index (Phi) is 1.35. The predicted molar refractivity (Wildman–Crippen MR) is 41.6 cm³/mol. The van der Waals surface area contributed by atoms with Gasteiger partial charge in [0.15, 0.2) is 0 Å². The van der Waals surface area contributed by atoms with Crippen molar-refractivity contribution < 1.29 is 9.90 Å². The molecule has 0 amide bonds. The van der Waals surface area contributed by atoms with E-state index < -0.39 is 12.1 Å². The Labute approximate surface area is 67.5 Å². The summed E-state index contributed by atoms with van der Waals surface area (Å²) in [5.41, 5.74) is 6.35. The molecule has 4 heteroatoms. The molecule has 1 aromatic heterocycles. The van der Waals surface area contributed by atoms with Crippen LogP contribution in [0.5, 0.6) is 0 Å². The molecule has 0 saturated carbocycles. The molecular formula is C7H7NO2S. The Balaban J connectivity index is 2.56. The van der Waals surface area contributed by atoms with E-state index in [1.807, 2.05) is 5.38 Å². The van der Waals surface area contributed by atoms with Gasteiger partial charge in [0.2, 0.25) is 5.78 Å². The summed E-state index contributed by atoms with van der Waals surface area (Å²) in [6.07, 6.45) is -1.02. The van der Waals surface area contributed by atoms with Crippen LogP contribution in [-0.4, -0.2) is 17.0 Å². The maximum atomic E-state index is 11.1. The molecule has 3 N–H and O–H groups in total. The van der Waals surface area contributed by atoms with Crippen LogP contribution >= 0.6 is 11.3 Å². The van der Waals surface area contributed by atoms with Crippen LogP contribution in [0.2, 0.25) is 0 Å². The van der Waals surface area contributed by atoms with E-state index in [0.717, 1.165) is 5.56 Å². The lowest BCUT2D eigenvalue weighted by Crippen LogP contribution is -2.25. The minimum Gasteiger partial charge on any atom is -0.383 e. The first-order valence-electron chi connectivity index (χ1n) is 3.27. The molecule has 0 aliphatic heterocycles. The van der Waals surface area contributed by atoms with Crippen LogP contribution in [0, 0.1) is 0 Å². The first kappa shape index (κ1) is 6.97. The Hall–Kier alpha value is -0.710. The molecule has 1 aromatic rings. The molecule has 11 heavy (non-hydrogen) atoms. The molecule has 2 rings (SSSR count). The van der Waals surface area contributed by atoms with Crippen LogP contribution in [0.3, 0.4) is 0 Å². The van der Waals surface area contributed by atoms with Gasteiger partial charge in [-0.25, -0.2) is 0 Å². The van der Waals surface area contributed by atoms with Crippen LogP contribution in [0.1, 0.15) is 21.3 Å². The number of nitrogens with two attached hydrogens (primary N) is 1. The second-order valence-electron chi connectivity index (χ2n) is 2.54. The van der Waals surface area contributed by atoms with Crippen molar-refractivity contribution in [2.75, 3.05) is 0 Å². The molecule has 1 heterocycles. The number of hydrogen-bond donors (Lipinski definition) is 2. The summed E-state index contributed by atoms with van der Waals surface area (Å²) in [7, 11) is 0. The van der Waals surface area contributed by atoms with E-state index in [-0.39, 0.29) is 5.78 Å². The summed E-state index contributed by atoms with van der Waals surface area (Å²) in [6.45, 7) is 0. The minimum atomic E-state index is -1.02. The zero-order chi connectivity index (χ0) is 8.01. The van der Waals surface area contributed by atoms with Gasteiger partial charge in [0.25, 0.3) is 0 Å². The maximum Gasteiger partial charge on any atom is 0.203 e. The Morgan fingerprint density at radius 2 is 2.36 bits per heavy atom. The van der Waals surface area contributed by atoms with Crippen molar-refractivity contribution in [3.63, 3.8) is 0 Å². The number of thiophene rings is 1. The molecule has 0 bridgehead atoms. The number of aliphatic hydroxyl groups is 1. The van der Waals surface area contributed by atoms with Crippen molar-refractivity contribution >= 4 is 17.1 Å². The summed E-state index contributed by atoms with van der Waals surface area (Å²) in [5, 5.41) is 11.0. The normalized spacial score (nSPS) is 29.1. The lowest BCUT2D eigenvalue weighted by molar-refractivity contribution is 0.0739. The van der Waals surface area contributed by atoms with Gasteiger partial charge in [0, 0.05) is 0 Å². The van der Waals surface area contributed by atoms with Crippen molar-refractivity contribution in [2.45, 2.75) is 12.1 Å². The average molecular weight is 169 g/mol. The molecule has 58 valence electrons. The third kappa shape index (κ3) is 0.772. The molecule has 2 atom stereocenters. The monoisotopic (exact) mass is 169 g/mol. The van der Waals surface area contributed by atoms with Gasteiger partial charge in [0.05, 0.1) is 10.9 Å². The van der Waals surface area contributed by atoms with Crippen LogP contribution < -0.4 is 5.73 Å². The first-order valence-corrected chi connectivity index (χ1v) is 4.15. The van der Waals surface area contributed by atoms with Crippen molar-refractivity contribution in [3.8, 4) is 0 Å². The zero-order valence-corrected chi connectivity index (χ0v) is 6.47. The van der Waals surface area contributed by atoms with E-state index in [2.05, 4.69) is 0 Å². The van der Waals surface area contributed by atoms with Crippen LogP contribution in [0.25, 0.3) is 0 Å². The first-order chi connectivity index (χ1) is 5.22. The number of carbonyl (C=O) groups is 1. The highest BCUT2D eigenvalue weighted by Crippen LogP contribution is 2.33. The number of aliphatic hydroxyl groups excluding tert-OH is 1. The summed E-state index contributed by atoms with van der Waals surface area (Å²) < 4.78 is 0. The number of Topliss-reactive ketones (excluding diaryl/α,β-unsaturated/α-hetero) is 1. The van der Waals surface area contributed by atoms with E-state index in [0.29, 0.717) is 4.88 Å². The molecule has 0 aromatic carbocycles. The summed E-state index contributed by atoms with van der Waals surface area (Å²) in [4.78, 5) is 11.8. The van der Waals surface area contributed by atoms with E-state index in [1.54, 1.807) is 6.07 Å². The fourth-order valence-corrected chi connectivity index (χ4v) is 2.18. The minimum absolute atomic E-state index is 0.234.